The molecule has 2 heterocycles. The highest BCUT2D eigenvalue weighted by Gasteiger charge is 2.27. The average Bonchev–Trinajstić information content (AvgIpc) is 2.89. The second kappa shape index (κ2) is 12.2. The Hall–Kier alpha value is -2.73. The number of carbonyl (C=O) groups excluding carboxylic acids is 1. The largest absolute Gasteiger partial charge is 0.379 e. The third kappa shape index (κ3) is 6.98. The first-order chi connectivity index (χ1) is 17.7. The second-order valence-electron chi connectivity index (χ2n) is 9.60. The Morgan fingerprint density at radius 3 is 2.27 bits per heavy atom. The van der Waals surface area contributed by atoms with Gasteiger partial charge in [0.25, 0.3) is 0 Å². The lowest BCUT2D eigenvalue weighted by Gasteiger charge is -2.38. The molecular formula is C26H36FN5O4S. The Labute approximate surface area is 218 Å². The van der Waals surface area contributed by atoms with E-state index in [0.29, 0.717) is 63.0 Å². The predicted molar refractivity (Wildman–Crippen MR) is 143 cm³/mol. The van der Waals surface area contributed by atoms with Crippen LogP contribution in [0.5, 0.6) is 0 Å². The summed E-state index contributed by atoms with van der Waals surface area (Å²) in [5.74, 6) is -0.693. The van der Waals surface area contributed by atoms with E-state index >= 15 is 0 Å². The minimum Gasteiger partial charge on any atom is -0.379 e. The number of sulfonamides is 1. The molecule has 0 aliphatic carbocycles. The number of anilines is 3. The summed E-state index contributed by atoms with van der Waals surface area (Å²) in [5.41, 5.74) is 1.54. The zero-order valence-electron chi connectivity index (χ0n) is 21.5. The molecule has 2 saturated heterocycles. The quantitative estimate of drug-likeness (QED) is 0.511. The van der Waals surface area contributed by atoms with Gasteiger partial charge < -0.3 is 19.9 Å². The molecule has 4 rings (SSSR count). The molecule has 0 unspecified atom stereocenters. The van der Waals surface area contributed by atoms with Crippen molar-refractivity contribution >= 4 is 33.0 Å². The highest BCUT2D eigenvalue weighted by Crippen LogP contribution is 2.31. The topological polar surface area (TPSA) is 94.2 Å². The van der Waals surface area contributed by atoms with E-state index in [1.165, 1.54) is 12.1 Å². The van der Waals surface area contributed by atoms with Gasteiger partial charge >= 0.3 is 0 Å². The number of rotatable bonds is 9. The zero-order valence-corrected chi connectivity index (χ0v) is 22.3. The Bertz CT molecular complexity index is 1180. The normalized spacial score (nSPS) is 17.3. The summed E-state index contributed by atoms with van der Waals surface area (Å²) in [4.78, 5) is 18.5. The van der Waals surface area contributed by atoms with Crippen molar-refractivity contribution in [1.82, 2.24) is 9.62 Å². The van der Waals surface area contributed by atoms with Gasteiger partial charge in [-0.2, -0.15) is 0 Å². The van der Waals surface area contributed by atoms with Crippen molar-refractivity contribution in [3.05, 3.63) is 48.3 Å². The molecule has 0 aromatic heterocycles. The molecule has 2 aromatic rings. The molecule has 2 fully saturated rings. The molecule has 0 bridgehead atoms. The number of carbonyl (C=O) groups is 1. The number of para-hydroxylation sites is 1. The number of amides is 1. The average molecular weight is 534 g/mol. The van der Waals surface area contributed by atoms with Crippen LogP contribution >= 0.6 is 0 Å². The van der Waals surface area contributed by atoms with Gasteiger partial charge in [-0.25, -0.2) is 17.5 Å². The van der Waals surface area contributed by atoms with Gasteiger partial charge in [-0.05, 0) is 30.3 Å². The number of halogens is 1. The minimum absolute atomic E-state index is 0.121. The molecule has 0 saturated carbocycles. The van der Waals surface area contributed by atoms with Crippen LogP contribution in [0.3, 0.4) is 0 Å². The third-order valence-electron chi connectivity index (χ3n) is 6.68. The number of morpholine rings is 1. The maximum atomic E-state index is 14.3. The smallest absolute Gasteiger partial charge is 0.242 e. The minimum atomic E-state index is -3.87. The lowest BCUT2D eigenvalue weighted by molar-refractivity contribution is -0.118. The Kier molecular flexibility index (Phi) is 9.01. The van der Waals surface area contributed by atoms with Gasteiger partial charge in [-0.15, -0.1) is 0 Å². The van der Waals surface area contributed by atoms with Gasteiger partial charge in [0.15, 0.2) is 0 Å². The molecule has 1 amide bonds. The lowest BCUT2D eigenvalue weighted by atomic mass is 10.2. The summed E-state index contributed by atoms with van der Waals surface area (Å²) in [7, 11) is -3.87. The van der Waals surface area contributed by atoms with Crippen molar-refractivity contribution in [2.75, 3.05) is 80.7 Å². The molecule has 0 spiro atoms. The molecule has 2 aromatic carbocycles. The summed E-state index contributed by atoms with van der Waals surface area (Å²) < 4.78 is 49.4. The van der Waals surface area contributed by atoms with Gasteiger partial charge in [-0.1, -0.05) is 26.0 Å². The van der Waals surface area contributed by atoms with Crippen molar-refractivity contribution < 1.29 is 22.3 Å². The number of piperazine rings is 1. The molecule has 202 valence electrons. The second-order valence-corrected chi connectivity index (χ2v) is 11.3. The summed E-state index contributed by atoms with van der Waals surface area (Å²) in [5, 5.41) is 2.80. The maximum Gasteiger partial charge on any atom is 0.242 e. The highest BCUT2D eigenvalue weighted by molar-refractivity contribution is 7.89. The fourth-order valence-electron chi connectivity index (χ4n) is 4.49. The molecular weight excluding hydrogens is 497 g/mol. The summed E-state index contributed by atoms with van der Waals surface area (Å²) >= 11 is 0. The van der Waals surface area contributed by atoms with Crippen LogP contribution in [0.2, 0.25) is 0 Å². The van der Waals surface area contributed by atoms with E-state index in [0.717, 1.165) is 13.1 Å². The van der Waals surface area contributed by atoms with E-state index in [-0.39, 0.29) is 29.1 Å². The predicted octanol–water partition coefficient (Wildman–Crippen LogP) is 2.36. The van der Waals surface area contributed by atoms with E-state index in [4.69, 9.17) is 4.74 Å². The monoisotopic (exact) mass is 533 g/mol. The van der Waals surface area contributed by atoms with Crippen LogP contribution in [0.25, 0.3) is 0 Å². The van der Waals surface area contributed by atoms with E-state index in [1.54, 1.807) is 38.1 Å². The van der Waals surface area contributed by atoms with Crippen LogP contribution < -0.4 is 19.8 Å². The van der Waals surface area contributed by atoms with Crippen molar-refractivity contribution in [3.8, 4) is 0 Å². The van der Waals surface area contributed by atoms with Gasteiger partial charge in [-0.3, -0.25) is 9.69 Å². The third-order valence-corrected chi connectivity index (χ3v) is 8.17. The molecule has 2 aliphatic rings. The maximum absolute atomic E-state index is 14.3. The Balaban J connectivity index is 1.52. The van der Waals surface area contributed by atoms with Crippen LogP contribution in [0, 0.1) is 11.7 Å². The van der Waals surface area contributed by atoms with Crippen LogP contribution in [0.1, 0.15) is 13.8 Å². The number of hydrogen-bond acceptors (Lipinski definition) is 7. The van der Waals surface area contributed by atoms with Crippen LogP contribution in [0.15, 0.2) is 47.4 Å². The van der Waals surface area contributed by atoms with Crippen molar-refractivity contribution in [2.24, 2.45) is 5.92 Å². The Morgan fingerprint density at radius 2 is 1.62 bits per heavy atom. The fourth-order valence-corrected chi connectivity index (χ4v) is 5.76. The molecule has 37 heavy (non-hydrogen) atoms. The number of hydrogen-bond donors (Lipinski definition) is 2. The van der Waals surface area contributed by atoms with Gasteiger partial charge in [0.05, 0.1) is 24.6 Å². The first-order valence-electron chi connectivity index (χ1n) is 12.7. The van der Waals surface area contributed by atoms with Crippen LogP contribution in [-0.2, 0) is 19.6 Å². The Morgan fingerprint density at radius 1 is 0.973 bits per heavy atom. The van der Waals surface area contributed by atoms with Crippen molar-refractivity contribution in [3.63, 3.8) is 0 Å². The highest BCUT2D eigenvalue weighted by atomic mass is 32.2. The van der Waals surface area contributed by atoms with E-state index < -0.39 is 10.0 Å². The van der Waals surface area contributed by atoms with E-state index in [2.05, 4.69) is 14.9 Å². The van der Waals surface area contributed by atoms with Crippen molar-refractivity contribution in [1.29, 1.82) is 0 Å². The summed E-state index contributed by atoms with van der Waals surface area (Å²) in [6.45, 7) is 9.42. The number of ether oxygens (including phenoxy) is 1. The molecule has 9 nitrogen and oxygen atoms in total. The first-order valence-corrected chi connectivity index (χ1v) is 14.2. The van der Waals surface area contributed by atoms with E-state index in [1.807, 2.05) is 15.9 Å². The van der Waals surface area contributed by atoms with E-state index in [9.17, 15) is 17.6 Å². The molecule has 2 aliphatic heterocycles. The number of nitrogens with zero attached hydrogens (tertiary/aromatic N) is 3. The summed E-state index contributed by atoms with van der Waals surface area (Å²) in [6, 6.07) is 11.7. The lowest BCUT2D eigenvalue weighted by Crippen LogP contribution is -2.47. The molecule has 11 heteroatoms. The van der Waals surface area contributed by atoms with Crippen LogP contribution in [0.4, 0.5) is 21.5 Å². The van der Waals surface area contributed by atoms with Crippen LogP contribution in [-0.4, -0.2) is 84.8 Å². The summed E-state index contributed by atoms with van der Waals surface area (Å²) in [6.07, 6.45) is 0. The molecule has 0 atom stereocenters. The number of benzene rings is 2. The van der Waals surface area contributed by atoms with Gasteiger partial charge in [0.1, 0.15) is 10.7 Å². The van der Waals surface area contributed by atoms with Gasteiger partial charge in [0.2, 0.25) is 15.9 Å². The molecule has 2 N–H and O–H groups in total. The van der Waals surface area contributed by atoms with Crippen molar-refractivity contribution in [2.45, 2.75) is 18.7 Å². The van der Waals surface area contributed by atoms with Gasteiger partial charge in [0, 0.05) is 64.0 Å². The SMILES string of the molecule is CC(C)C(=O)Nc1ccc(N2CCN(c3ccccc3F)CC2)c(S(=O)(=O)NCCN2CCOCC2)c1. The molecule has 0 radical (unpaired) electrons. The first kappa shape index (κ1) is 27.3. The standard InChI is InChI=1S/C26H36FN5O4S/c1-20(2)26(33)29-21-7-8-24(32-13-11-31(12-14-32)23-6-4-3-5-22(23)27)25(19-21)37(34,35)28-9-10-30-15-17-36-18-16-30/h3-8,19-20,28H,9-18H2,1-2H3,(H,29,33). The number of nitrogens with one attached hydrogen (secondary N) is 2. The zero-order chi connectivity index (χ0) is 26.4. The fraction of sp³-hybridized carbons (Fsp3) is 0.500.